The molecule has 8 rings (SSSR count). The number of carbonyl (C=O) groups is 12. The number of hydrogen-bond acceptors (Lipinski definition) is 16. The van der Waals surface area contributed by atoms with Gasteiger partial charge in [-0.2, -0.15) is 0 Å². The van der Waals surface area contributed by atoms with Gasteiger partial charge in [0.15, 0.2) is 5.96 Å². The summed E-state index contributed by atoms with van der Waals surface area (Å²) >= 11 is 6.28. The number of urea groups is 1. The highest BCUT2D eigenvalue weighted by Crippen LogP contribution is 2.24. The molecule has 6 aromatic rings. The number of halogens is 1. The first-order valence-electron chi connectivity index (χ1n) is 37.4. The van der Waals surface area contributed by atoms with Gasteiger partial charge < -0.3 is 90.4 Å². The van der Waals surface area contributed by atoms with Crippen molar-refractivity contribution in [3.63, 3.8) is 0 Å². The first-order valence-corrected chi connectivity index (χ1v) is 37.7. The maximum Gasteiger partial charge on any atom is 0.316 e. The van der Waals surface area contributed by atoms with Crippen molar-refractivity contribution < 1.29 is 67.4 Å². The molecular formula is C80H102ClN17O14. The van der Waals surface area contributed by atoms with Crippen molar-refractivity contribution in [2.45, 2.75) is 159 Å². The van der Waals surface area contributed by atoms with Crippen molar-refractivity contribution in [2.24, 2.45) is 23.1 Å². The van der Waals surface area contributed by atoms with Gasteiger partial charge in [-0.15, -0.1) is 0 Å². The van der Waals surface area contributed by atoms with Crippen LogP contribution in [0.2, 0.25) is 5.02 Å². The third kappa shape index (κ3) is 26.9. The molecule has 2 aliphatic rings. The van der Waals surface area contributed by atoms with E-state index < -0.39 is 138 Å². The van der Waals surface area contributed by atoms with Crippen LogP contribution in [0.5, 0.6) is 0 Å². The average molecular weight is 1560 g/mol. The highest BCUT2D eigenvalue weighted by Gasteiger charge is 2.41. The number of amides is 13. The van der Waals surface area contributed by atoms with Crippen molar-refractivity contribution >= 4 is 105 Å². The summed E-state index contributed by atoms with van der Waals surface area (Å²) in [7, 11) is 0. The van der Waals surface area contributed by atoms with Crippen LogP contribution in [0.25, 0.3) is 10.8 Å². The molecule has 19 N–H and O–H groups in total. The molecule has 0 bridgehead atoms. The Hall–Kier alpha value is -11.5. The molecule has 32 heteroatoms. The van der Waals surface area contributed by atoms with E-state index in [1.165, 1.54) is 43.0 Å². The zero-order chi connectivity index (χ0) is 81.0. The number of nitrogens with two attached hydrogens (primary N) is 3. The number of nitrogens with zero attached hydrogens (tertiary/aromatic N) is 2. The third-order valence-corrected chi connectivity index (χ3v) is 19.4. The van der Waals surface area contributed by atoms with Crippen molar-refractivity contribution in [2.75, 3.05) is 51.3 Å². The van der Waals surface area contributed by atoms with Gasteiger partial charge in [-0.1, -0.05) is 147 Å². The summed E-state index contributed by atoms with van der Waals surface area (Å²) < 4.78 is 5.55. The summed E-state index contributed by atoms with van der Waals surface area (Å²) in [4.78, 5) is 173. The van der Waals surface area contributed by atoms with E-state index in [0.29, 0.717) is 66.5 Å². The molecule has 13 amide bonds. The lowest BCUT2D eigenvalue weighted by atomic mass is 9.97. The minimum atomic E-state index is -1.84. The number of likely N-dealkylation sites (tertiary alicyclic amines) is 1. The van der Waals surface area contributed by atoms with Gasteiger partial charge in [0.2, 0.25) is 65.0 Å². The second-order valence-corrected chi connectivity index (χ2v) is 28.9. The fraction of sp³-hybridized carbons (Fsp3) is 0.412. The molecular weight excluding hydrogens is 1460 g/mol. The van der Waals surface area contributed by atoms with E-state index in [0.717, 1.165) is 21.9 Å². The van der Waals surface area contributed by atoms with Crippen LogP contribution in [0.15, 0.2) is 146 Å². The molecule has 31 nitrogen and oxygen atoms in total. The number of rotatable bonds is 39. The number of nitrogens with one attached hydrogen (secondary N) is 12. The van der Waals surface area contributed by atoms with Crippen LogP contribution in [-0.2, 0) is 96.1 Å². The molecule has 2 saturated heterocycles. The quantitative estimate of drug-likeness (QED) is 0.0148. The van der Waals surface area contributed by atoms with Crippen LogP contribution >= 0.6 is 11.6 Å². The van der Waals surface area contributed by atoms with Crippen molar-refractivity contribution in [1.82, 2.24) is 63.0 Å². The molecule has 0 saturated carbocycles. The van der Waals surface area contributed by atoms with Crippen LogP contribution < -0.4 is 75.7 Å². The Labute approximate surface area is 655 Å². The predicted octanol–water partition coefficient (Wildman–Crippen LogP) is 1.51. The molecule has 2 aliphatic heterocycles. The van der Waals surface area contributed by atoms with Gasteiger partial charge in [0.05, 0.1) is 19.8 Å². The van der Waals surface area contributed by atoms with Gasteiger partial charge in [-0.3, -0.25) is 63.0 Å². The molecule has 112 heavy (non-hydrogen) atoms. The number of fused-ring (bicyclic) bond motifs is 1. The average Bonchev–Trinajstić information content (AvgIpc) is 1.55. The lowest BCUT2D eigenvalue weighted by Gasteiger charge is -2.31. The number of aliphatic hydroxyl groups is 1. The normalized spacial score (nSPS) is 15.9. The molecule has 0 aromatic heterocycles. The number of primary amides is 2. The molecule has 2 fully saturated rings. The third-order valence-electron chi connectivity index (χ3n) is 19.2. The zero-order valence-corrected chi connectivity index (χ0v) is 63.9. The molecule has 10 atom stereocenters. The maximum atomic E-state index is 15.4. The zero-order valence-electron chi connectivity index (χ0n) is 63.2. The van der Waals surface area contributed by atoms with E-state index >= 15 is 9.59 Å². The second kappa shape index (κ2) is 42.6. The van der Waals surface area contributed by atoms with Crippen LogP contribution in [0.3, 0.4) is 0 Å². The molecule has 0 aliphatic carbocycles. The first-order chi connectivity index (χ1) is 53.6. The SMILES string of the molecule is CC(=O)N[C@H](Cc1cccc2ccccc12)C(=O)N[C@H](Cc1ccc(Cl)cc1)C(=O)N[C@H](Cc1ccccc1)C(=O)N[C@@H](CO)C(=O)N[C@@H](Cc1ccc(NC(N)=O)cc1)C(=O)N[C@H](Cc1ccc(CN2CCOCC2)cc1)C(=O)N[C@@H](CC(C)C)C(=O)N[C@@H](CCCNC(=N)N)C(=O)N1CCC[C@H]1C(=O)N[C@H](C)C(N)=O. The Morgan fingerprint density at radius 2 is 0.991 bits per heavy atom. The van der Waals surface area contributed by atoms with E-state index in [1.807, 2.05) is 54.6 Å². The number of benzene rings is 6. The molecule has 0 unspecified atom stereocenters. The van der Waals surface area contributed by atoms with E-state index in [9.17, 15) is 53.1 Å². The molecule has 2 heterocycles. The van der Waals surface area contributed by atoms with Gasteiger partial charge in [-0.05, 0) is 113 Å². The van der Waals surface area contributed by atoms with Crippen molar-refractivity contribution in [3.05, 3.63) is 184 Å². The Kier molecular flexibility index (Phi) is 32.7. The lowest BCUT2D eigenvalue weighted by Crippen LogP contribution is -2.62. The Balaban J connectivity index is 1.08. The van der Waals surface area contributed by atoms with Crippen LogP contribution in [0, 0.1) is 11.3 Å². The summed E-state index contributed by atoms with van der Waals surface area (Å²) in [5.41, 5.74) is 20.4. The smallest absolute Gasteiger partial charge is 0.316 e. The standard InChI is InChI=1S/C80H102ClN17O14/c1-47(2)39-61(70(102)90-60(19-11-33-86-79(83)84)78(110)98-34-12-20-68(98)77(109)87-48(3)69(82)101)91-71(103)63(41-51-21-23-54(24-22-51)45-97-35-37-112-38-36-97)93-73(105)65(43-53-27-31-58(32-28-53)89-80(85)111)95-76(108)67(46-99)96-74(106)62(40-50-13-6-5-7-14-50)92-72(104)64(42-52-25-29-57(81)30-26-52)94-75(107)66(88-49(4)100)44-56-17-10-16-55-15-8-9-18-59(55)56/h5-10,13-18,21-32,47-48,60-68,99H,11-12,19-20,33-46H2,1-4H3,(H2,82,101)(H,87,109)(H,88,100)(H,90,102)(H,91,103)(H,92,104)(H,93,105)(H,94,107)(H,95,108)(H,96,106)(H4,83,84,86)(H3,85,89,111)/t48-,60+,61+,62-,63-,64-,65+,66-,67+,68+/m1/s1. The lowest BCUT2D eigenvalue weighted by molar-refractivity contribution is -0.142. The summed E-state index contributed by atoms with van der Waals surface area (Å²) in [5, 5.41) is 50.6. The number of guanidine groups is 1. The number of aliphatic hydroxyl groups excluding tert-OH is 1. The summed E-state index contributed by atoms with van der Waals surface area (Å²) in [6, 6.07) is 26.8. The Morgan fingerprint density at radius 3 is 1.52 bits per heavy atom. The fourth-order valence-electron chi connectivity index (χ4n) is 13.3. The van der Waals surface area contributed by atoms with Gasteiger partial charge in [-0.25, -0.2) is 4.79 Å². The summed E-state index contributed by atoms with van der Waals surface area (Å²) in [6.07, 6.45) is -0.0179. The van der Waals surface area contributed by atoms with Crippen LogP contribution in [0.4, 0.5) is 10.5 Å². The van der Waals surface area contributed by atoms with Gasteiger partial charge in [0.25, 0.3) is 0 Å². The molecule has 6 aromatic carbocycles. The van der Waals surface area contributed by atoms with Crippen molar-refractivity contribution in [3.8, 4) is 0 Å². The predicted molar refractivity (Wildman–Crippen MR) is 421 cm³/mol. The number of anilines is 1. The van der Waals surface area contributed by atoms with Crippen molar-refractivity contribution in [1.29, 1.82) is 5.41 Å². The number of ether oxygens (including phenoxy) is 1. The number of carbonyl (C=O) groups excluding carboxylic acids is 12. The second-order valence-electron chi connectivity index (χ2n) is 28.5. The topological polar surface area (TPSA) is 475 Å². The minimum Gasteiger partial charge on any atom is -0.394 e. The molecule has 0 radical (unpaired) electrons. The van der Waals surface area contributed by atoms with E-state index in [1.54, 1.807) is 80.6 Å². The van der Waals surface area contributed by atoms with E-state index in [4.69, 9.17) is 38.9 Å². The monoisotopic (exact) mass is 1560 g/mol. The highest BCUT2D eigenvalue weighted by molar-refractivity contribution is 6.30. The largest absolute Gasteiger partial charge is 0.394 e. The Bertz CT molecular complexity index is 4260. The summed E-state index contributed by atoms with van der Waals surface area (Å²) in [5.74, 6) is -9.50. The number of hydrogen-bond donors (Lipinski definition) is 16. The Morgan fingerprint density at radius 1 is 0.527 bits per heavy atom. The summed E-state index contributed by atoms with van der Waals surface area (Å²) in [6.45, 7) is 8.59. The highest BCUT2D eigenvalue weighted by atomic mass is 35.5. The maximum absolute atomic E-state index is 15.4. The van der Waals surface area contributed by atoms with Gasteiger partial charge in [0.1, 0.15) is 60.4 Å². The van der Waals surface area contributed by atoms with Crippen LogP contribution in [0.1, 0.15) is 93.2 Å². The molecule has 0 spiro atoms. The molecule has 598 valence electrons. The number of morpholine rings is 1. The van der Waals surface area contributed by atoms with E-state index in [2.05, 4.69) is 63.4 Å². The minimum absolute atomic E-state index is 0.00143. The van der Waals surface area contributed by atoms with Gasteiger partial charge in [0, 0.05) is 82.5 Å². The first kappa shape index (κ1) is 86.1. The van der Waals surface area contributed by atoms with Gasteiger partial charge >= 0.3 is 6.03 Å². The van der Waals surface area contributed by atoms with E-state index in [-0.39, 0.29) is 88.4 Å². The van der Waals surface area contributed by atoms with Crippen LogP contribution in [-0.4, -0.2) is 198 Å². The fourth-order valence-corrected chi connectivity index (χ4v) is 13.4.